The highest BCUT2D eigenvalue weighted by Crippen LogP contribution is 2.32. The zero-order valence-corrected chi connectivity index (χ0v) is 11.5. The molecule has 1 N–H and O–H groups in total. The number of para-hydroxylation sites is 1. The lowest BCUT2D eigenvalue weighted by molar-refractivity contribution is 0.496. The van der Waals surface area contributed by atoms with Gasteiger partial charge in [-0.1, -0.05) is 32.0 Å². The first-order valence-corrected chi connectivity index (χ1v) is 6.17. The molecule has 0 radical (unpaired) electrons. The summed E-state index contributed by atoms with van der Waals surface area (Å²) in [5.74, 6) is 0. The summed E-state index contributed by atoms with van der Waals surface area (Å²) < 4.78 is 2.25. The van der Waals surface area contributed by atoms with Crippen LogP contribution in [0.15, 0.2) is 24.4 Å². The van der Waals surface area contributed by atoms with Crippen molar-refractivity contribution in [2.75, 3.05) is 13.6 Å². The zero-order valence-electron chi connectivity index (χ0n) is 11.5. The second-order valence-electron chi connectivity index (χ2n) is 5.54. The predicted molar refractivity (Wildman–Crippen MR) is 74.6 cm³/mol. The largest absolute Gasteiger partial charge is 0.350 e. The minimum absolute atomic E-state index is 0.155. The molecule has 0 bridgehead atoms. The van der Waals surface area contributed by atoms with Gasteiger partial charge in [0, 0.05) is 30.6 Å². The van der Waals surface area contributed by atoms with Gasteiger partial charge >= 0.3 is 0 Å². The molecule has 17 heavy (non-hydrogen) atoms. The van der Waals surface area contributed by atoms with Crippen LogP contribution in [0, 0.1) is 6.92 Å². The summed E-state index contributed by atoms with van der Waals surface area (Å²) in [6, 6.07) is 6.56. The number of aryl methyl sites for hydroxylation is 2. The second kappa shape index (κ2) is 4.19. The molecule has 0 aliphatic rings. The molecule has 1 aromatic heterocycles. The van der Waals surface area contributed by atoms with E-state index in [0.29, 0.717) is 0 Å². The Hall–Kier alpha value is -1.28. The van der Waals surface area contributed by atoms with Crippen molar-refractivity contribution in [3.63, 3.8) is 0 Å². The average Bonchev–Trinajstić information content (AvgIpc) is 2.58. The maximum absolute atomic E-state index is 3.29. The Balaban J connectivity index is 2.68. The zero-order chi connectivity index (χ0) is 12.6. The lowest BCUT2D eigenvalue weighted by Crippen LogP contribution is -2.30. The Bertz CT molecular complexity index is 535. The van der Waals surface area contributed by atoms with Crippen molar-refractivity contribution in [2.24, 2.45) is 7.05 Å². The molecule has 0 aliphatic carbocycles. The third-order valence-electron chi connectivity index (χ3n) is 3.55. The summed E-state index contributed by atoms with van der Waals surface area (Å²) in [6.45, 7) is 7.75. The highest BCUT2D eigenvalue weighted by molar-refractivity contribution is 5.87. The molecular formula is C15H22N2. The molecule has 0 spiro atoms. The van der Waals surface area contributed by atoms with E-state index in [-0.39, 0.29) is 5.41 Å². The molecule has 0 atom stereocenters. The number of likely N-dealkylation sites (N-methyl/N-ethyl adjacent to an activating group) is 1. The Morgan fingerprint density at radius 2 is 2.00 bits per heavy atom. The number of rotatable bonds is 3. The SMILES string of the molecule is CNCC(C)(C)c1cn(C)c2c(C)cccc12. The molecule has 2 heteroatoms. The van der Waals surface area contributed by atoms with Crippen LogP contribution in [0.3, 0.4) is 0 Å². The van der Waals surface area contributed by atoms with E-state index in [1.54, 1.807) is 0 Å². The Kier molecular flexibility index (Phi) is 3.00. The van der Waals surface area contributed by atoms with Crippen LogP contribution in [0.5, 0.6) is 0 Å². The van der Waals surface area contributed by atoms with Crippen LogP contribution >= 0.6 is 0 Å². The van der Waals surface area contributed by atoms with E-state index >= 15 is 0 Å². The van der Waals surface area contributed by atoms with E-state index in [4.69, 9.17) is 0 Å². The molecule has 0 aliphatic heterocycles. The van der Waals surface area contributed by atoms with Crippen LogP contribution in [0.25, 0.3) is 10.9 Å². The standard InChI is InChI=1S/C15H22N2/c1-11-7-6-8-12-13(9-17(5)14(11)12)15(2,3)10-16-4/h6-9,16H,10H2,1-5H3. The minimum atomic E-state index is 0.155. The fraction of sp³-hybridized carbons (Fsp3) is 0.467. The number of hydrogen-bond acceptors (Lipinski definition) is 1. The quantitative estimate of drug-likeness (QED) is 0.857. The highest BCUT2D eigenvalue weighted by Gasteiger charge is 2.24. The molecule has 2 rings (SSSR count). The first-order valence-electron chi connectivity index (χ1n) is 6.17. The fourth-order valence-electron chi connectivity index (χ4n) is 2.75. The number of nitrogens with zero attached hydrogens (tertiary/aromatic N) is 1. The summed E-state index contributed by atoms with van der Waals surface area (Å²) in [5, 5.41) is 4.67. The van der Waals surface area contributed by atoms with E-state index < -0.39 is 0 Å². The van der Waals surface area contributed by atoms with Gasteiger partial charge in [-0.05, 0) is 25.1 Å². The highest BCUT2D eigenvalue weighted by atomic mass is 14.9. The number of fused-ring (bicyclic) bond motifs is 1. The molecule has 0 unspecified atom stereocenters. The van der Waals surface area contributed by atoms with Gasteiger partial charge in [-0.15, -0.1) is 0 Å². The first kappa shape index (κ1) is 12.2. The molecular weight excluding hydrogens is 208 g/mol. The Morgan fingerprint density at radius 1 is 1.29 bits per heavy atom. The van der Waals surface area contributed by atoms with Crippen molar-refractivity contribution in [1.29, 1.82) is 0 Å². The molecule has 1 aromatic carbocycles. The predicted octanol–water partition coefficient (Wildman–Crippen LogP) is 2.98. The molecule has 2 aromatic rings. The van der Waals surface area contributed by atoms with Gasteiger partial charge in [-0.25, -0.2) is 0 Å². The van der Waals surface area contributed by atoms with Crippen LogP contribution < -0.4 is 5.32 Å². The van der Waals surface area contributed by atoms with Crippen molar-refractivity contribution in [3.8, 4) is 0 Å². The minimum Gasteiger partial charge on any atom is -0.350 e. The van der Waals surface area contributed by atoms with Crippen molar-refractivity contribution in [1.82, 2.24) is 9.88 Å². The lowest BCUT2D eigenvalue weighted by Gasteiger charge is -2.24. The molecule has 0 saturated carbocycles. The summed E-state index contributed by atoms with van der Waals surface area (Å²) >= 11 is 0. The third-order valence-corrected chi connectivity index (χ3v) is 3.55. The van der Waals surface area contributed by atoms with Gasteiger partial charge in [-0.3, -0.25) is 0 Å². The number of hydrogen-bond donors (Lipinski definition) is 1. The van der Waals surface area contributed by atoms with E-state index in [1.165, 1.54) is 22.0 Å². The number of nitrogens with one attached hydrogen (secondary N) is 1. The maximum atomic E-state index is 3.29. The smallest absolute Gasteiger partial charge is 0.0510 e. The summed E-state index contributed by atoms with van der Waals surface area (Å²) in [7, 11) is 4.15. The summed E-state index contributed by atoms with van der Waals surface area (Å²) in [6.07, 6.45) is 2.27. The van der Waals surface area contributed by atoms with Gasteiger partial charge in [0.1, 0.15) is 0 Å². The average molecular weight is 230 g/mol. The Morgan fingerprint density at radius 3 is 2.65 bits per heavy atom. The van der Waals surface area contributed by atoms with Crippen LogP contribution in [-0.4, -0.2) is 18.2 Å². The first-order chi connectivity index (χ1) is 7.97. The number of aromatic nitrogens is 1. The van der Waals surface area contributed by atoms with E-state index in [0.717, 1.165) is 6.54 Å². The van der Waals surface area contributed by atoms with E-state index in [2.05, 4.69) is 62.1 Å². The normalized spacial score (nSPS) is 12.3. The third kappa shape index (κ3) is 1.98. The molecule has 1 heterocycles. The molecule has 0 saturated heterocycles. The van der Waals surface area contributed by atoms with Crippen LogP contribution in [0.4, 0.5) is 0 Å². The van der Waals surface area contributed by atoms with Gasteiger partial charge in [0.05, 0.1) is 5.52 Å². The summed E-state index contributed by atoms with van der Waals surface area (Å²) in [5.41, 5.74) is 4.28. The number of benzene rings is 1. The van der Waals surface area contributed by atoms with Gasteiger partial charge in [-0.2, -0.15) is 0 Å². The van der Waals surface area contributed by atoms with Crippen molar-refractivity contribution in [3.05, 3.63) is 35.5 Å². The maximum Gasteiger partial charge on any atom is 0.0510 e. The lowest BCUT2D eigenvalue weighted by atomic mass is 9.84. The van der Waals surface area contributed by atoms with Crippen LogP contribution in [0.1, 0.15) is 25.0 Å². The van der Waals surface area contributed by atoms with Gasteiger partial charge < -0.3 is 9.88 Å². The fourth-order valence-corrected chi connectivity index (χ4v) is 2.75. The molecule has 0 amide bonds. The topological polar surface area (TPSA) is 17.0 Å². The van der Waals surface area contributed by atoms with Crippen LogP contribution in [0.2, 0.25) is 0 Å². The van der Waals surface area contributed by atoms with Gasteiger partial charge in [0.2, 0.25) is 0 Å². The summed E-state index contributed by atoms with van der Waals surface area (Å²) in [4.78, 5) is 0. The molecule has 92 valence electrons. The van der Waals surface area contributed by atoms with Crippen LogP contribution in [-0.2, 0) is 12.5 Å². The van der Waals surface area contributed by atoms with Crippen molar-refractivity contribution >= 4 is 10.9 Å². The van der Waals surface area contributed by atoms with Crippen molar-refractivity contribution in [2.45, 2.75) is 26.2 Å². The Labute approximate surface area is 104 Å². The van der Waals surface area contributed by atoms with E-state index in [9.17, 15) is 0 Å². The monoisotopic (exact) mass is 230 g/mol. The van der Waals surface area contributed by atoms with Crippen molar-refractivity contribution < 1.29 is 0 Å². The van der Waals surface area contributed by atoms with E-state index in [1.807, 2.05) is 7.05 Å². The second-order valence-corrected chi connectivity index (χ2v) is 5.54. The molecule has 2 nitrogen and oxygen atoms in total. The molecule has 0 fully saturated rings. The van der Waals surface area contributed by atoms with Gasteiger partial charge in [0.25, 0.3) is 0 Å². The van der Waals surface area contributed by atoms with Gasteiger partial charge in [0.15, 0.2) is 0 Å².